The third-order valence-electron chi connectivity index (χ3n) is 7.03. The van der Waals surface area contributed by atoms with Gasteiger partial charge in [-0.3, -0.25) is 19.1 Å². The number of aromatic nitrogens is 2. The Morgan fingerprint density at radius 3 is 2.48 bits per heavy atom. The molecule has 1 aliphatic carbocycles. The van der Waals surface area contributed by atoms with E-state index in [1.165, 1.54) is 0 Å². The van der Waals surface area contributed by atoms with Gasteiger partial charge in [0.2, 0.25) is 5.91 Å². The van der Waals surface area contributed by atoms with Crippen molar-refractivity contribution >= 4 is 17.7 Å². The Labute approximate surface area is 193 Å². The van der Waals surface area contributed by atoms with Crippen LogP contribution in [0.25, 0.3) is 0 Å². The molecule has 1 N–H and O–H groups in total. The van der Waals surface area contributed by atoms with E-state index in [0.29, 0.717) is 49.9 Å². The molecule has 1 aromatic carbocycles. The number of piperidine rings is 1. The normalized spacial score (nSPS) is 20.4. The van der Waals surface area contributed by atoms with Crippen LogP contribution in [0, 0.1) is 12.8 Å². The lowest BCUT2D eigenvalue weighted by Crippen LogP contribution is -2.46. The maximum atomic E-state index is 13.5. The van der Waals surface area contributed by atoms with Crippen molar-refractivity contribution in [2.45, 2.75) is 51.6 Å². The van der Waals surface area contributed by atoms with Crippen LogP contribution in [0.1, 0.15) is 63.4 Å². The topological polar surface area (TPSA) is 87.5 Å². The van der Waals surface area contributed by atoms with Crippen molar-refractivity contribution in [3.8, 4) is 0 Å². The highest BCUT2D eigenvalue weighted by Gasteiger charge is 2.35. The molecule has 0 unspecified atom stereocenters. The fourth-order valence-corrected chi connectivity index (χ4v) is 4.89. The summed E-state index contributed by atoms with van der Waals surface area (Å²) in [5.41, 5.74) is 4.02. The molecule has 1 saturated heterocycles. The van der Waals surface area contributed by atoms with Crippen LogP contribution in [0.15, 0.2) is 24.3 Å². The third-order valence-corrected chi connectivity index (χ3v) is 7.03. The van der Waals surface area contributed by atoms with Gasteiger partial charge in [-0.1, -0.05) is 17.7 Å². The number of nitrogens with one attached hydrogen (secondary N) is 1. The van der Waals surface area contributed by atoms with Crippen molar-refractivity contribution in [1.82, 2.24) is 24.9 Å². The minimum Gasteiger partial charge on any atom is -0.353 e. The molecule has 174 valence electrons. The molecule has 3 amide bonds. The van der Waals surface area contributed by atoms with Gasteiger partial charge in [0.25, 0.3) is 11.8 Å². The van der Waals surface area contributed by atoms with Gasteiger partial charge in [0.05, 0.1) is 12.5 Å². The van der Waals surface area contributed by atoms with Crippen molar-refractivity contribution in [2.75, 3.05) is 19.6 Å². The van der Waals surface area contributed by atoms with Gasteiger partial charge in [-0.05, 0) is 44.7 Å². The maximum Gasteiger partial charge on any atom is 0.274 e. The molecule has 3 aliphatic rings. The molecular weight excluding hydrogens is 418 g/mol. The largest absolute Gasteiger partial charge is 0.353 e. The number of carbonyl (C=O) groups excluding carboxylic acids is 3. The van der Waals surface area contributed by atoms with E-state index in [1.807, 2.05) is 38.2 Å². The lowest BCUT2D eigenvalue weighted by Gasteiger charge is -2.32. The van der Waals surface area contributed by atoms with E-state index in [0.717, 1.165) is 42.5 Å². The number of hydrogen-bond acceptors (Lipinski definition) is 4. The number of hydrogen-bond donors (Lipinski definition) is 1. The first-order valence-corrected chi connectivity index (χ1v) is 11.9. The van der Waals surface area contributed by atoms with E-state index >= 15 is 0 Å². The van der Waals surface area contributed by atoms with Gasteiger partial charge in [0, 0.05) is 56.0 Å². The first kappa shape index (κ1) is 21.7. The average molecular weight is 450 g/mol. The molecule has 8 heteroatoms. The van der Waals surface area contributed by atoms with Crippen molar-refractivity contribution < 1.29 is 14.4 Å². The number of nitrogens with zero attached hydrogens (tertiary/aromatic N) is 4. The van der Waals surface area contributed by atoms with Crippen LogP contribution in [0.5, 0.6) is 0 Å². The molecule has 0 radical (unpaired) electrons. The quantitative estimate of drug-likeness (QED) is 0.774. The minimum absolute atomic E-state index is 0.0299. The number of rotatable bonds is 4. The summed E-state index contributed by atoms with van der Waals surface area (Å²) in [5.74, 6) is -0.270. The van der Waals surface area contributed by atoms with Gasteiger partial charge in [0.15, 0.2) is 5.69 Å². The number of carbonyl (C=O) groups is 3. The van der Waals surface area contributed by atoms with Crippen LogP contribution in [0.3, 0.4) is 0 Å². The fraction of sp³-hybridized carbons (Fsp3) is 0.520. The van der Waals surface area contributed by atoms with Crippen LogP contribution in [0.4, 0.5) is 0 Å². The maximum absolute atomic E-state index is 13.5. The van der Waals surface area contributed by atoms with Gasteiger partial charge in [-0.15, -0.1) is 0 Å². The van der Waals surface area contributed by atoms with Crippen molar-refractivity contribution in [3.05, 3.63) is 52.3 Å². The standard InChI is InChI=1S/C25H31N5O3/c1-16-5-7-17(8-6-16)24(32)30-13-11-21-20(15-30)22(27-28(21)2)25(33)29-12-3-4-18(14-29)23(31)26-19-9-10-19/h5-8,18-19H,3-4,9-15H2,1-2H3,(H,26,31)/t18-/m0/s1. The number of likely N-dealkylation sites (tertiary alicyclic amines) is 1. The van der Waals surface area contributed by atoms with Crippen molar-refractivity contribution in [1.29, 1.82) is 0 Å². The Morgan fingerprint density at radius 1 is 1.00 bits per heavy atom. The Bertz CT molecular complexity index is 1090. The average Bonchev–Trinajstić information content (AvgIpc) is 3.59. The highest BCUT2D eigenvalue weighted by molar-refractivity contribution is 5.96. The molecule has 33 heavy (non-hydrogen) atoms. The summed E-state index contributed by atoms with van der Waals surface area (Å²) >= 11 is 0. The fourth-order valence-electron chi connectivity index (χ4n) is 4.89. The van der Waals surface area contributed by atoms with Crippen molar-refractivity contribution in [2.24, 2.45) is 13.0 Å². The Kier molecular flexibility index (Phi) is 5.68. The molecule has 1 atom stereocenters. The highest BCUT2D eigenvalue weighted by Crippen LogP contribution is 2.27. The van der Waals surface area contributed by atoms with Crippen LogP contribution in [-0.2, 0) is 24.8 Å². The molecule has 2 fully saturated rings. The van der Waals surface area contributed by atoms with Crippen LogP contribution < -0.4 is 5.32 Å². The highest BCUT2D eigenvalue weighted by atomic mass is 16.2. The van der Waals surface area contributed by atoms with Gasteiger partial charge in [-0.2, -0.15) is 5.10 Å². The molecule has 3 heterocycles. The summed E-state index contributed by atoms with van der Waals surface area (Å²) in [6.07, 6.45) is 4.39. The molecule has 0 bridgehead atoms. The van der Waals surface area contributed by atoms with E-state index < -0.39 is 0 Å². The zero-order valence-electron chi connectivity index (χ0n) is 19.3. The second-order valence-corrected chi connectivity index (χ2v) is 9.61. The van der Waals surface area contributed by atoms with E-state index in [1.54, 1.807) is 14.5 Å². The summed E-state index contributed by atoms with van der Waals surface area (Å²) in [6.45, 7) is 4.02. The van der Waals surface area contributed by atoms with E-state index in [4.69, 9.17) is 0 Å². The van der Waals surface area contributed by atoms with E-state index in [9.17, 15) is 14.4 Å². The second-order valence-electron chi connectivity index (χ2n) is 9.61. The molecule has 0 spiro atoms. The Morgan fingerprint density at radius 2 is 1.76 bits per heavy atom. The second kappa shape index (κ2) is 8.65. The number of fused-ring (bicyclic) bond motifs is 1. The minimum atomic E-state index is -0.164. The molecule has 8 nitrogen and oxygen atoms in total. The molecule has 1 aromatic heterocycles. The zero-order chi connectivity index (χ0) is 23.1. The number of benzene rings is 1. The van der Waals surface area contributed by atoms with Gasteiger partial charge in [0.1, 0.15) is 0 Å². The summed E-state index contributed by atoms with van der Waals surface area (Å²) in [7, 11) is 1.86. The molecule has 1 saturated carbocycles. The summed E-state index contributed by atoms with van der Waals surface area (Å²) in [5, 5.41) is 7.63. The number of aryl methyl sites for hydroxylation is 2. The van der Waals surface area contributed by atoms with Crippen LogP contribution in [-0.4, -0.2) is 63.0 Å². The molecule has 2 aromatic rings. The predicted octanol–water partition coefficient (Wildman–Crippen LogP) is 2.06. The summed E-state index contributed by atoms with van der Waals surface area (Å²) < 4.78 is 1.78. The predicted molar refractivity (Wildman–Crippen MR) is 123 cm³/mol. The lowest BCUT2D eigenvalue weighted by atomic mass is 9.96. The smallest absolute Gasteiger partial charge is 0.274 e. The summed E-state index contributed by atoms with van der Waals surface area (Å²) in [4.78, 5) is 42.7. The van der Waals surface area contributed by atoms with Gasteiger partial charge in [-0.25, -0.2) is 0 Å². The summed E-state index contributed by atoms with van der Waals surface area (Å²) in [6, 6.07) is 7.90. The third kappa shape index (κ3) is 4.38. The first-order chi connectivity index (χ1) is 15.9. The number of amides is 3. The van der Waals surface area contributed by atoms with Crippen LogP contribution in [0.2, 0.25) is 0 Å². The van der Waals surface area contributed by atoms with E-state index in [2.05, 4.69) is 10.4 Å². The SMILES string of the molecule is Cc1ccc(C(=O)N2CCc3c(c(C(=O)N4CCC[C@H](C(=O)NC5CC5)C4)nn3C)C2)cc1. The van der Waals surface area contributed by atoms with Gasteiger partial charge < -0.3 is 15.1 Å². The zero-order valence-corrected chi connectivity index (χ0v) is 19.3. The Balaban J connectivity index is 1.33. The van der Waals surface area contributed by atoms with Gasteiger partial charge >= 0.3 is 0 Å². The first-order valence-electron chi connectivity index (χ1n) is 11.9. The molecular formula is C25H31N5O3. The van der Waals surface area contributed by atoms with Crippen LogP contribution >= 0.6 is 0 Å². The lowest BCUT2D eigenvalue weighted by molar-refractivity contribution is -0.126. The molecule has 5 rings (SSSR count). The van der Waals surface area contributed by atoms with E-state index in [-0.39, 0.29) is 23.6 Å². The molecule has 2 aliphatic heterocycles. The Hall–Kier alpha value is -3.16. The van der Waals surface area contributed by atoms with Crippen molar-refractivity contribution in [3.63, 3.8) is 0 Å². The monoisotopic (exact) mass is 449 g/mol.